The highest BCUT2D eigenvalue weighted by Gasteiger charge is 2.22. The van der Waals surface area contributed by atoms with Crippen molar-refractivity contribution in [2.75, 3.05) is 25.0 Å². The van der Waals surface area contributed by atoms with E-state index in [1.54, 1.807) is 18.2 Å². The molecule has 0 saturated carbocycles. The maximum Gasteiger partial charge on any atom is 0.255 e. The van der Waals surface area contributed by atoms with Crippen molar-refractivity contribution in [3.05, 3.63) is 24.3 Å². The van der Waals surface area contributed by atoms with Gasteiger partial charge in [0.05, 0.1) is 0 Å². The Balaban J connectivity index is 1.93. The van der Waals surface area contributed by atoms with Crippen LogP contribution in [0.3, 0.4) is 0 Å². The molecular weight excluding hydrogens is 270 g/mol. The molecule has 0 unspecified atom stereocenters. The summed E-state index contributed by atoms with van der Waals surface area (Å²) in [4.78, 5) is 24.8. The average Bonchev–Trinajstić information content (AvgIpc) is 2.98. The third-order valence-electron chi connectivity index (χ3n) is 3.39. The van der Waals surface area contributed by atoms with Crippen molar-refractivity contribution in [2.24, 2.45) is 5.73 Å². The van der Waals surface area contributed by atoms with E-state index in [4.69, 9.17) is 10.5 Å². The smallest absolute Gasteiger partial charge is 0.255 e. The van der Waals surface area contributed by atoms with Crippen LogP contribution < -0.4 is 15.8 Å². The fourth-order valence-corrected chi connectivity index (χ4v) is 2.35. The molecule has 0 radical (unpaired) electrons. The molecule has 0 bridgehead atoms. The summed E-state index contributed by atoms with van der Waals surface area (Å²) in [6.07, 6.45) is 2.16. The van der Waals surface area contributed by atoms with Gasteiger partial charge < -0.3 is 20.7 Å². The third-order valence-corrected chi connectivity index (χ3v) is 3.39. The van der Waals surface area contributed by atoms with Crippen LogP contribution in [0.2, 0.25) is 0 Å². The zero-order valence-electron chi connectivity index (χ0n) is 12.2. The summed E-state index contributed by atoms with van der Waals surface area (Å²) in [6.45, 7) is 3.36. The number of nitrogens with two attached hydrogens (primary N) is 1. The lowest BCUT2D eigenvalue weighted by molar-refractivity contribution is -0.130. The fourth-order valence-electron chi connectivity index (χ4n) is 2.35. The first-order valence-electron chi connectivity index (χ1n) is 7.13. The number of nitrogens with one attached hydrogen (secondary N) is 1. The van der Waals surface area contributed by atoms with Gasteiger partial charge in [0.15, 0.2) is 6.61 Å². The van der Waals surface area contributed by atoms with Gasteiger partial charge in [0, 0.05) is 24.8 Å². The van der Waals surface area contributed by atoms with E-state index in [-0.39, 0.29) is 18.6 Å². The van der Waals surface area contributed by atoms with Crippen molar-refractivity contribution >= 4 is 17.5 Å². The molecule has 1 aliphatic rings. The number of primary amides is 1. The number of likely N-dealkylation sites (tertiary alicyclic amines) is 1. The lowest BCUT2D eigenvalue weighted by Crippen LogP contribution is -2.39. The first-order chi connectivity index (χ1) is 10.1. The van der Waals surface area contributed by atoms with Crippen molar-refractivity contribution in [3.8, 4) is 5.75 Å². The van der Waals surface area contributed by atoms with E-state index in [0.717, 1.165) is 31.6 Å². The Morgan fingerprint density at radius 3 is 2.76 bits per heavy atom. The molecule has 1 aromatic rings. The molecule has 3 N–H and O–H groups in total. The largest absolute Gasteiger partial charge is 0.484 e. The Morgan fingerprint density at radius 2 is 2.10 bits per heavy atom. The maximum atomic E-state index is 12.2. The van der Waals surface area contributed by atoms with E-state index in [9.17, 15) is 9.59 Å². The van der Waals surface area contributed by atoms with Gasteiger partial charge in [-0.25, -0.2) is 0 Å². The van der Waals surface area contributed by atoms with Gasteiger partial charge in [0.2, 0.25) is 5.91 Å². The molecule has 1 fully saturated rings. The highest BCUT2D eigenvalue weighted by atomic mass is 16.5. The summed E-state index contributed by atoms with van der Waals surface area (Å²) in [6, 6.07) is 6.84. The van der Waals surface area contributed by atoms with E-state index in [1.165, 1.54) is 0 Å². The molecule has 1 saturated heterocycles. The number of nitrogens with zero attached hydrogens (tertiary/aromatic N) is 1. The maximum absolute atomic E-state index is 12.2. The van der Waals surface area contributed by atoms with Crippen molar-refractivity contribution in [1.29, 1.82) is 0 Å². The summed E-state index contributed by atoms with van der Waals surface area (Å²) in [5.41, 5.74) is 5.81. The van der Waals surface area contributed by atoms with Crippen LogP contribution in [-0.4, -0.2) is 42.5 Å². The number of rotatable bonds is 6. The zero-order valence-corrected chi connectivity index (χ0v) is 12.2. The van der Waals surface area contributed by atoms with Gasteiger partial charge in [0.1, 0.15) is 11.8 Å². The number of ether oxygens (including phenoxy) is 1. The molecule has 0 aliphatic carbocycles. The molecule has 114 valence electrons. The second kappa shape index (κ2) is 6.97. The summed E-state index contributed by atoms with van der Waals surface area (Å²) < 4.78 is 5.24. The monoisotopic (exact) mass is 291 g/mol. The van der Waals surface area contributed by atoms with E-state index in [1.807, 2.05) is 17.9 Å². The molecule has 21 heavy (non-hydrogen) atoms. The Hall–Kier alpha value is -2.24. The zero-order chi connectivity index (χ0) is 15.2. The molecule has 0 aromatic heterocycles. The van der Waals surface area contributed by atoms with Gasteiger partial charge in [-0.1, -0.05) is 6.07 Å². The Morgan fingerprint density at radius 1 is 1.38 bits per heavy atom. The summed E-state index contributed by atoms with van der Waals surface area (Å²) in [5, 5.41) is 3.16. The quantitative estimate of drug-likeness (QED) is 0.818. The minimum Gasteiger partial charge on any atom is -0.484 e. The highest BCUT2D eigenvalue weighted by Crippen LogP contribution is 2.19. The van der Waals surface area contributed by atoms with Gasteiger partial charge >= 0.3 is 0 Å². The average molecular weight is 291 g/mol. The van der Waals surface area contributed by atoms with Crippen molar-refractivity contribution < 1.29 is 14.3 Å². The number of hydrogen-bond acceptors (Lipinski definition) is 4. The van der Waals surface area contributed by atoms with Crippen molar-refractivity contribution in [3.63, 3.8) is 0 Å². The third kappa shape index (κ3) is 4.37. The number of carbonyl (C=O) groups is 2. The minimum atomic E-state index is -0.522. The van der Waals surface area contributed by atoms with E-state index >= 15 is 0 Å². The van der Waals surface area contributed by atoms with Crippen LogP contribution in [0, 0.1) is 0 Å². The normalized spacial score (nSPS) is 15.6. The fraction of sp³-hybridized carbons (Fsp3) is 0.467. The van der Waals surface area contributed by atoms with Crippen LogP contribution >= 0.6 is 0 Å². The molecule has 1 heterocycles. The molecular formula is C15H21N3O3. The summed E-state index contributed by atoms with van der Waals surface area (Å²) in [5.74, 6) is 0.126. The molecule has 0 spiro atoms. The first-order valence-corrected chi connectivity index (χ1v) is 7.13. The lowest BCUT2D eigenvalue weighted by Gasteiger charge is -2.22. The van der Waals surface area contributed by atoms with Crippen LogP contribution in [0.15, 0.2) is 24.3 Å². The van der Waals surface area contributed by atoms with Crippen LogP contribution in [-0.2, 0) is 9.59 Å². The summed E-state index contributed by atoms with van der Waals surface area (Å²) >= 11 is 0. The number of benzene rings is 1. The van der Waals surface area contributed by atoms with E-state index in [0.29, 0.717) is 5.75 Å². The topological polar surface area (TPSA) is 84.7 Å². The molecule has 1 aromatic carbocycles. The van der Waals surface area contributed by atoms with Crippen molar-refractivity contribution in [2.45, 2.75) is 25.8 Å². The van der Waals surface area contributed by atoms with Crippen LogP contribution in [0.1, 0.15) is 19.8 Å². The predicted octanol–water partition coefficient (Wildman–Crippen LogP) is 0.973. The van der Waals surface area contributed by atoms with Gasteiger partial charge in [-0.05, 0) is 31.9 Å². The number of anilines is 1. The number of amides is 2. The Kier molecular flexibility index (Phi) is 5.03. The van der Waals surface area contributed by atoms with E-state index < -0.39 is 5.91 Å². The van der Waals surface area contributed by atoms with Gasteiger partial charge in [-0.2, -0.15) is 0 Å². The molecule has 2 amide bonds. The van der Waals surface area contributed by atoms with Crippen LogP contribution in [0.4, 0.5) is 5.69 Å². The Bertz CT molecular complexity index is 513. The van der Waals surface area contributed by atoms with Crippen LogP contribution in [0.25, 0.3) is 0 Å². The van der Waals surface area contributed by atoms with Gasteiger partial charge in [-0.3, -0.25) is 9.59 Å². The SMILES string of the molecule is C[C@@H](Nc1cccc(OCC(N)=O)c1)C(=O)N1CCCC1. The van der Waals surface area contributed by atoms with E-state index in [2.05, 4.69) is 5.32 Å². The highest BCUT2D eigenvalue weighted by molar-refractivity contribution is 5.84. The lowest BCUT2D eigenvalue weighted by atomic mass is 10.2. The minimum absolute atomic E-state index is 0.107. The van der Waals surface area contributed by atoms with Crippen LogP contribution in [0.5, 0.6) is 5.75 Å². The molecule has 1 atom stereocenters. The second-order valence-electron chi connectivity index (χ2n) is 5.18. The summed E-state index contributed by atoms with van der Waals surface area (Å²) in [7, 11) is 0. The van der Waals surface area contributed by atoms with Gasteiger partial charge in [-0.15, -0.1) is 0 Å². The second-order valence-corrected chi connectivity index (χ2v) is 5.18. The number of carbonyl (C=O) groups excluding carboxylic acids is 2. The first kappa shape index (κ1) is 15.2. The molecule has 6 nitrogen and oxygen atoms in total. The molecule has 2 rings (SSSR count). The van der Waals surface area contributed by atoms with Crippen molar-refractivity contribution in [1.82, 2.24) is 4.90 Å². The predicted molar refractivity (Wildman–Crippen MR) is 80.0 cm³/mol. The number of hydrogen-bond donors (Lipinski definition) is 2. The van der Waals surface area contributed by atoms with Gasteiger partial charge in [0.25, 0.3) is 5.91 Å². The standard InChI is InChI=1S/C15H21N3O3/c1-11(15(20)18-7-2-3-8-18)17-12-5-4-6-13(9-12)21-10-14(16)19/h4-6,9,11,17H,2-3,7-8,10H2,1H3,(H2,16,19)/t11-/m1/s1. The molecule has 6 heteroatoms. The molecule has 1 aliphatic heterocycles. The Labute approximate surface area is 124 Å².